The summed E-state index contributed by atoms with van der Waals surface area (Å²) in [5.41, 5.74) is 0.726. The topological polar surface area (TPSA) is 71.3 Å². The van der Waals surface area contributed by atoms with Crippen molar-refractivity contribution >= 4 is 34.6 Å². The van der Waals surface area contributed by atoms with E-state index >= 15 is 0 Å². The summed E-state index contributed by atoms with van der Waals surface area (Å²) in [5.74, 6) is 0.741. The van der Waals surface area contributed by atoms with Crippen molar-refractivity contribution in [1.29, 1.82) is 5.26 Å². The molecule has 23 heavy (non-hydrogen) atoms. The summed E-state index contributed by atoms with van der Waals surface area (Å²) in [5, 5.41) is 11.9. The maximum Gasteiger partial charge on any atom is 0.262 e. The van der Waals surface area contributed by atoms with E-state index in [9.17, 15) is 10.1 Å². The normalized spacial score (nSPS) is 10.9. The SMILES string of the molecule is C=CCOc1c(I)cc(/C=C(\C#N)C(=O)NC(C)C)cc1OC. The van der Waals surface area contributed by atoms with Gasteiger partial charge in [-0.2, -0.15) is 5.26 Å². The van der Waals surface area contributed by atoms with Crippen LogP contribution in [0.15, 0.2) is 30.4 Å². The van der Waals surface area contributed by atoms with Gasteiger partial charge in [-0.3, -0.25) is 4.79 Å². The lowest BCUT2D eigenvalue weighted by Crippen LogP contribution is -2.30. The molecule has 0 saturated carbocycles. The summed E-state index contributed by atoms with van der Waals surface area (Å²) in [6.07, 6.45) is 3.17. The molecule has 1 aromatic carbocycles. The average Bonchev–Trinajstić information content (AvgIpc) is 2.50. The smallest absolute Gasteiger partial charge is 0.262 e. The van der Waals surface area contributed by atoms with E-state index in [1.54, 1.807) is 12.1 Å². The van der Waals surface area contributed by atoms with Gasteiger partial charge in [-0.15, -0.1) is 0 Å². The van der Waals surface area contributed by atoms with Gasteiger partial charge >= 0.3 is 0 Å². The summed E-state index contributed by atoms with van der Waals surface area (Å²) in [6.45, 7) is 7.65. The molecular weight excluding hydrogens is 407 g/mol. The van der Waals surface area contributed by atoms with Crippen molar-refractivity contribution < 1.29 is 14.3 Å². The van der Waals surface area contributed by atoms with E-state index in [1.807, 2.05) is 26.0 Å². The average molecular weight is 426 g/mol. The first-order chi connectivity index (χ1) is 10.9. The van der Waals surface area contributed by atoms with Gasteiger partial charge in [0, 0.05) is 6.04 Å². The monoisotopic (exact) mass is 426 g/mol. The highest BCUT2D eigenvalue weighted by Gasteiger charge is 2.14. The fourth-order valence-corrected chi connectivity index (χ4v) is 2.54. The molecule has 5 nitrogen and oxygen atoms in total. The van der Waals surface area contributed by atoms with E-state index in [0.717, 1.165) is 3.57 Å². The molecule has 0 aliphatic rings. The maximum absolute atomic E-state index is 12.0. The summed E-state index contributed by atoms with van der Waals surface area (Å²) < 4.78 is 11.7. The molecule has 0 aliphatic carbocycles. The zero-order chi connectivity index (χ0) is 17.4. The van der Waals surface area contributed by atoms with Gasteiger partial charge in [-0.25, -0.2) is 0 Å². The van der Waals surface area contributed by atoms with Crippen LogP contribution in [0.2, 0.25) is 0 Å². The van der Waals surface area contributed by atoms with Crippen molar-refractivity contribution in [2.45, 2.75) is 19.9 Å². The predicted octanol–water partition coefficient (Wildman–Crippen LogP) is 3.30. The number of amides is 1. The number of hydrogen-bond donors (Lipinski definition) is 1. The second-order valence-electron chi connectivity index (χ2n) is 4.93. The van der Waals surface area contributed by atoms with E-state index in [1.165, 1.54) is 13.2 Å². The molecule has 0 radical (unpaired) electrons. The van der Waals surface area contributed by atoms with Crippen molar-refractivity contribution in [3.63, 3.8) is 0 Å². The Morgan fingerprint density at radius 2 is 2.22 bits per heavy atom. The van der Waals surface area contributed by atoms with Crippen LogP contribution in [0.1, 0.15) is 19.4 Å². The van der Waals surface area contributed by atoms with Crippen LogP contribution in [-0.2, 0) is 4.79 Å². The lowest BCUT2D eigenvalue weighted by Gasteiger charge is -2.12. The highest BCUT2D eigenvalue weighted by Crippen LogP contribution is 2.34. The Labute approximate surface area is 150 Å². The third-order valence-corrected chi connectivity index (χ3v) is 3.49. The number of hydrogen-bond acceptors (Lipinski definition) is 4. The van der Waals surface area contributed by atoms with Gasteiger partial charge in [-0.05, 0) is 60.2 Å². The number of nitrogens with zero attached hydrogens (tertiary/aromatic N) is 1. The van der Waals surface area contributed by atoms with Gasteiger partial charge in [0.2, 0.25) is 0 Å². The van der Waals surface area contributed by atoms with Gasteiger partial charge in [-0.1, -0.05) is 12.7 Å². The van der Waals surface area contributed by atoms with Crippen molar-refractivity contribution in [3.05, 3.63) is 39.5 Å². The van der Waals surface area contributed by atoms with Crippen LogP contribution in [0.25, 0.3) is 6.08 Å². The second kappa shape index (κ2) is 9.20. The van der Waals surface area contributed by atoms with Crippen molar-refractivity contribution in [2.24, 2.45) is 0 Å². The van der Waals surface area contributed by atoms with E-state index in [4.69, 9.17) is 9.47 Å². The summed E-state index contributed by atoms with van der Waals surface area (Å²) in [7, 11) is 1.54. The number of nitrogens with one attached hydrogen (secondary N) is 1. The van der Waals surface area contributed by atoms with E-state index in [2.05, 4.69) is 34.5 Å². The molecule has 1 N–H and O–H groups in total. The first kappa shape index (κ1) is 19.0. The Hall–Kier alpha value is -2.01. The second-order valence-corrected chi connectivity index (χ2v) is 6.09. The standard InChI is InChI=1S/C17H19IN2O3/c1-5-6-23-16-14(18)8-12(9-15(16)22-4)7-13(10-19)17(21)20-11(2)3/h5,7-9,11H,1,6H2,2-4H3,(H,20,21)/b13-7+. The molecule has 1 amide bonds. The Kier molecular flexibility index (Phi) is 7.62. The number of nitriles is 1. The molecular formula is C17H19IN2O3. The predicted molar refractivity (Wildman–Crippen MR) is 98.3 cm³/mol. The Morgan fingerprint density at radius 3 is 2.74 bits per heavy atom. The number of halogens is 1. The summed E-state index contributed by atoms with van der Waals surface area (Å²) in [6, 6.07) is 5.43. The molecule has 0 bridgehead atoms. The van der Waals surface area contributed by atoms with Crippen LogP contribution in [0.4, 0.5) is 0 Å². The number of rotatable bonds is 7. The molecule has 0 unspecified atom stereocenters. The highest BCUT2D eigenvalue weighted by atomic mass is 127. The van der Waals surface area contributed by atoms with Gasteiger partial charge in [0.1, 0.15) is 18.2 Å². The minimum absolute atomic E-state index is 0.0383. The number of carbonyl (C=O) groups excluding carboxylic acids is 1. The Bertz CT molecular complexity index is 661. The fourth-order valence-electron chi connectivity index (χ4n) is 1.76. The van der Waals surface area contributed by atoms with Crippen molar-refractivity contribution in [1.82, 2.24) is 5.32 Å². The lowest BCUT2D eigenvalue weighted by atomic mass is 10.1. The molecule has 1 aromatic rings. The first-order valence-corrected chi connectivity index (χ1v) is 8.04. The van der Waals surface area contributed by atoms with Gasteiger partial charge in [0.05, 0.1) is 10.7 Å². The zero-order valence-corrected chi connectivity index (χ0v) is 15.5. The molecule has 0 fully saturated rings. The largest absolute Gasteiger partial charge is 0.493 e. The van der Waals surface area contributed by atoms with Crippen molar-refractivity contribution in [2.75, 3.05) is 13.7 Å². The summed E-state index contributed by atoms with van der Waals surface area (Å²) >= 11 is 2.12. The quantitative estimate of drug-likeness (QED) is 0.315. The molecule has 1 rings (SSSR count). The van der Waals surface area contributed by atoms with Crippen LogP contribution in [0.5, 0.6) is 11.5 Å². The molecule has 0 aromatic heterocycles. The minimum Gasteiger partial charge on any atom is -0.493 e. The minimum atomic E-state index is -0.400. The molecule has 0 heterocycles. The third-order valence-electron chi connectivity index (χ3n) is 2.69. The van der Waals surface area contributed by atoms with Crippen LogP contribution in [0, 0.1) is 14.9 Å². The van der Waals surface area contributed by atoms with Crippen LogP contribution in [0.3, 0.4) is 0 Å². The van der Waals surface area contributed by atoms with Gasteiger partial charge < -0.3 is 14.8 Å². The van der Waals surface area contributed by atoms with E-state index in [-0.39, 0.29) is 11.6 Å². The van der Waals surface area contributed by atoms with Crippen LogP contribution >= 0.6 is 22.6 Å². The maximum atomic E-state index is 12.0. The molecule has 0 spiro atoms. The van der Waals surface area contributed by atoms with Crippen molar-refractivity contribution in [3.8, 4) is 17.6 Å². The van der Waals surface area contributed by atoms with E-state index in [0.29, 0.717) is 23.7 Å². The molecule has 6 heteroatoms. The molecule has 0 saturated heterocycles. The van der Waals surface area contributed by atoms with Gasteiger partial charge in [0.15, 0.2) is 11.5 Å². The number of benzene rings is 1. The first-order valence-electron chi connectivity index (χ1n) is 6.96. The lowest BCUT2D eigenvalue weighted by molar-refractivity contribution is -0.117. The molecule has 122 valence electrons. The number of carbonyl (C=O) groups is 1. The third kappa shape index (κ3) is 5.60. The summed E-state index contributed by atoms with van der Waals surface area (Å²) in [4.78, 5) is 12.0. The van der Waals surface area contributed by atoms with E-state index < -0.39 is 5.91 Å². The Morgan fingerprint density at radius 1 is 1.52 bits per heavy atom. The van der Waals surface area contributed by atoms with Gasteiger partial charge in [0.25, 0.3) is 5.91 Å². The molecule has 0 aliphatic heterocycles. The number of ether oxygens (including phenoxy) is 2. The highest BCUT2D eigenvalue weighted by molar-refractivity contribution is 14.1. The zero-order valence-electron chi connectivity index (χ0n) is 13.4. The number of methoxy groups -OCH3 is 1. The fraction of sp³-hybridized carbons (Fsp3) is 0.294. The molecule has 0 atom stereocenters. The Balaban J connectivity index is 3.20. The van der Waals surface area contributed by atoms with Crippen LogP contribution < -0.4 is 14.8 Å². The van der Waals surface area contributed by atoms with Crippen LogP contribution in [-0.4, -0.2) is 25.7 Å².